The Labute approximate surface area is 220 Å². The highest BCUT2D eigenvalue weighted by Crippen LogP contribution is 2.32. The molecule has 0 atom stereocenters. The van der Waals surface area contributed by atoms with Crippen LogP contribution in [0.5, 0.6) is 5.75 Å². The van der Waals surface area contributed by atoms with Gasteiger partial charge in [0.05, 0.1) is 18.9 Å². The van der Waals surface area contributed by atoms with Gasteiger partial charge >= 0.3 is 11.8 Å². The van der Waals surface area contributed by atoms with E-state index in [0.717, 1.165) is 11.3 Å². The molecule has 0 radical (unpaired) electrons. The first kappa shape index (κ1) is 26.4. The zero-order chi connectivity index (χ0) is 27.1. The number of aromatic nitrogens is 1. The molecule has 4 aromatic rings. The van der Waals surface area contributed by atoms with Crippen LogP contribution in [-0.4, -0.2) is 29.4 Å². The first-order chi connectivity index (χ1) is 18.2. The van der Waals surface area contributed by atoms with Crippen molar-refractivity contribution in [3.05, 3.63) is 96.3 Å². The average molecular weight is 517 g/mol. The smallest absolute Gasteiger partial charge is 0.313 e. The van der Waals surface area contributed by atoms with Gasteiger partial charge in [-0.15, -0.1) is 0 Å². The number of halogens is 1. The zero-order valence-corrected chi connectivity index (χ0v) is 21.4. The summed E-state index contributed by atoms with van der Waals surface area (Å²) in [6.45, 7) is 4.06. The molecule has 0 aliphatic carbocycles. The normalized spacial score (nSPS) is 11.1. The van der Waals surface area contributed by atoms with E-state index in [1.165, 1.54) is 19.6 Å². The zero-order valence-electron chi connectivity index (χ0n) is 21.4. The molecule has 0 aliphatic heterocycles. The van der Waals surface area contributed by atoms with E-state index in [1.54, 1.807) is 42.6 Å². The molecule has 3 N–H and O–H groups in total. The van der Waals surface area contributed by atoms with E-state index in [9.17, 15) is 14.0 Å². The van der Waals surface area contributed by atoms with E-state index in [2.05, 4.69) is 20.9 Å². The van der Waals surface area contributed by atoms with Crippen molar-refractivity contribution < 1.29 is 23.1 Å². The summed E-state index contributed by atoms with van der Waals surface area (Å²) in [5.41, 5.74) is 2.79. The van der Waals surface area contributed by atoms with Gasteiger partial charge in [-0.25, -0.2) is 9.37 Å². The van der Waals surface area contributed by atoms with Gasteiger partial charge in [-0.1, -0.05) is 30.3 Å². The molecule has 0 fully saturated rings. The number of rotatable bonds is 9. The number of oxazole rings is 1. The lowest BCUT2D eigenvalue weighted by Crippen LogP contribution is -2.49. The second-order valence-electron chi connectivity index (χ2n) is 9.39. The van der Waals surface area contributed by atoms with Gasteiger partial charge in [0.2, 0.25) is 0 Å². The number of carbonyl (C=O) groups excluding carboxylic acids is 2. The van der Waals surface area contributed by atoms with E-state index < -0.39 is 17.4 Å². The number of nitrogens with one attached hydrogen (secondary N) is 3. The highest BCUT2D eigenvalue weighted by molar-refractivity contribution is 6.39. The summed E-state index contributed by atoms with van der Waals surface area (Å²) in [5.74, 6) is -0.808. The number of carbonyl (C=O) groups is 2. The van der Waals surface area contributed by atoms with Gasteiger partial charge in [-0.3, -0.25) is 9.59 Å². The molecule has 9 heteroatoms. The van der Waals surface area contributed by atoms with Crippen LogP contribution in [0.1, 0.15) is 25.0 Å². The molecule has 38 heavy (non-hydrogen) atoms. The molecular formula is C29H29FN4O4. The summed E-state index contributed by atoms with van der Waals surface area (Å²) >= 11 is 0. The largest absolute Gasteiger partial charge is 0.496 e. The molecule has 2 amide bonds. The molecule has 0 saturated carbocycles. The van der Waals surface area contributed by atoms with Gasteiger partial charge in [0, 0.05) is 35.1 Å². The Bertz CT molecular complexity index is 1400. The maximum absolute atomic E-state index is 13.8. The summed E-state index contributed by atoms with van der Waals surface area (Å²) in [5, 5.41) is 8.60. The highest BCUT2D eigenvalue weighted by Gasteiger charge is 2.25. The third-order valence-corrected chi connectivity index (χ3v) is 5.86. The minimum absolute atomic E-state index is 0.249. The minimum Gasteiger partial charge on any atom is -0.496 e. The lowest BCUT2D eigenvalue weighted by molar-refractivity contribution is -0.137. The standard InChI is InChI=1S/C29H29FN4O4/c1-29(2,15-19-8-10-21(11-9-19)32-16-20-6-4-5-7-24(20)30)34-28(36)27(35)33-22-12-13-23(25(14-22)37-3)26-17-31-18-38-26/h4-14,17-18,32H,15-16H2,1-3H3,(H,33,35)(H,34,36). The molecule has 3 aromatic carbocycles. The van der Waals surface area contributed by atoms with Crippen molar-refractivity contribution >= 4 is 23.2 Å². The number of hydrogen-bond acceptors (Lipinski definition) is 6. The number of anilines is 2. The van der Waals surface area contributed by atoms with Crippen LogP contribution in [0.25, 0.3) is 11.3 Å². The Kier molecular flexibility index (Phi) is 8.06. The monoisotopic (exact) mass is 516 g/mol. The SMILES string of the molecule is COc1cc(NC(=O)C(=O)NC(C)(C)Cc2ccc(NCc3ccccc3F)cc2)ccc1-c1cnco1. The maximum Gasteiger partial charge on any atom is 0.313 e. The predicted octanol–water partition coefficient (Wildman–Crippen LogP) is 5.18. The Morgan fingerprint density at radius 1 is 1.00 bits per heavy atom. The molecule has 0 aliphatic rings. The highest BCUT2D eigenvalue weighted by atomic mass is 19.1. The lowest BCUT2D eigenvalue weighted by atomic mass is 9.94. The minimum atomic E-state index is -0.791. The first-order valence-electron chi connectivity index (χ1n) is 12.0. The third kappa shape index (κ3) is 6.76. The van der Waals surface area contributed by atoms with E-state index in [1.807, 2.05) is 38.1 Å². The summed E-state index contributed by atoms with van der Waals surface area (Å²) in [4.78, 5) is 29.1. The fourth-order valence-electron chi connectivity index (χ4n) is 4.01. The van der Waals surface area contributed by atoms with Crippen LogP contribution in [0.3, 0.4) is 0 Å². The molecule has 1 heterocycles. The number of hydrogen-bond donors (Lipinski definition) is 3. The number of ether oxygens (including phenoxy) is 1. The molecule has 0 saturated heterocycles. The van der Waals surface area contributed by atoms with Crippen LogP contribution >= 0.6 is 0 Å². The lowest BCUT2D eigenvalue weighted by Gasteiger charge is -2.26. The van der Waals surface area contributed by atoms with Gasteiger partial charge in [-0.2, -0.15) is 0 Å². The van der Waals surface area contributed by atoms with Gasteiger partial charge in [-0.05, 0) is 56.2 Å². The number of amides is 2. The number of nitrogens with zero attached hydrogens (tertiary/aromatic N) is 1. The predicted molar refractivity (Wildman–Crippen MR) is 143 cm³/mol. The Hall–Kier alpha value is -4.66. The molecule has 0 spiro atoms. The van der Waals surface area contributed by atoms with Crippen LogP contribution in [0.4, 0.5) is 15.8 Å². The second-order valence-corrected chi connectivity index (χ2v) is 9.39. The van der Waals surface area contributed by atoms with Gasteiger partial charge in [0.15, 0.2) is 12.2 Å². The maximum atomic E-state index is 13.8. The van der Waals surface area contributed by atoms with Crippen molar-refractivity contribution in [2.24, 2.45) is 0 Å². The van der Waals surface area contributed by atoms with Gasteiger partial charge in [0.1, 0.15) is 11.6 Å². The molecule has 0 bridgehead atoms. The van der Waals surface area contributed by atoms with E-state index in [0.29, 0.717) is 41.3 Å². The fraction of sp³-hybridized carbons (Fsp3) is 0.207. The van der Waals surface area contributed by atoms with Crippen LogP contribution in [0.2, 0.25) is 0 Å². The molecule has 196 valence electrons. The Morgan fingerprint density at radius 2 is 1.74 bits per heavy atom. The van der Waals surface area contributed by atoms with E-state index >= 15 is 0 Å². The molecule has 4 rings (SSSR count). The van der Waals surface area contributed by atoms with E-state index in [4.69, 9.17) is 9.15 Å². The van der Waals surface area contributed by atoms with E-state index in [-0.39, 0.29) is 5.82 Å². The second kappa shape index (κ2) is 11.6. The quantitative estimate of drug-likeness (QED) is 0.265. The fourth-order valence-corrected chi connectivity index (χ4v) is 4.01. The van der Waals surface area contributed by atoms with Crippen molar-refractivity contribution in [1.82, 2.24) is 10.3 Å². The van der Waals surface area contributed by atoms with Crippen molar-refractivity contribution in [3.8, 4) is 17.1 Å². The third-order valence-electron chi connectivity index (χ3n) is 5.86. The Balaban J connectivity index is 1.31. The molecule has 8 nitrogen and oxygen atoms in total. The van der Waals surface area contributed by atoms with Crippen molar-refractivity contribution in [2.75, 3.05) is 17.7 Å². The Morgan fingerprint density at radius 3 is 2.42 bits per heavy atom. The summed E-state index contributed by atoms with van der Waals surface area (Å²) in [6, 6.07) is 19.3. The van der Waals surface area contributed by atoms with Crippen LogP contribution in [-0.2, 0) is 22.6 Å². The number of methoxy groups -OCH3 is 1. The number of benzene rings is 3. The first-order valence-corrected chi connectivity index (χ1v) is 12.0. The van der Waals surface area contributed by atoms with Gasteiger partial charge in [0.25, 0.3) is 0 Å². The molecule has 0 unspecified atom stereocenters. The summed E-state index contributed by atoms with van der Waals surface area (Å²) < 4.78 is 24.5. The molecule has 1 aromatic heterocycles. The van der Waals surface area contributed by atoms with Crippen molar-refractivity contribution in [3.63, 3.8) is 0 Å². The van der Waals surface area contributed by atoms with Crippen molar-refractivity contribution in [2.45, 2.75) is 32.4 Å². The summed E-state index contributed by atoms with van der Waals surface area (Å²) in [7, 11) is 1.50. The van der Waals surface area contributed by atoms with Crippen LogP contribution < -0.4 is 20.7 Å². The van der Waals surface area contributed by atoms with Gasteiger partial charge < -0.3 is 25.1 Å². The molecular weight excluding hydrogens is 487 g/mol. The average Bonchev–Trinajstić information content (AvgIpc) is 3.43. The van der Waals surface area contributed by atoms with Crippen LogP contribution in [0.15, 0.2) is 83.7 Å². The topological polar surface area (TPSA) is 105 Å². The summed E-state index contributed by atoms with van der Waals surface area (Å²) in [6.07, 6.45) is 3.37. The van der Waals surface area contributed by atoms with Crippen LogP contribution in [0, 0.1) is 5.82 Å². The van der Waals surface area contributed by atoms with Crippen molar-refractivity contribution in [1.29, 1.82) is 0 Å².